The van der Waals surface area contributed by atoms with Crippen LogP contribution in [0.1, 0.15) is 47.7 Å². The Morgan fingerprint density at radius 1 is 1.03 bits per heavy atom. The fraction of sp³-hybridized carbons (Fsp3) is 0.276. The maximum atomic E-state index is 12.9. The smallest absolute Gasteiger partial charge is 0.251 e. The van der Waals surface area contributed by atoms with Crippen molar-refractivity contribution in [3.63, 3.8) is 0 Å². The molecule has 4 rings (SSSR count). The zero-order chi connectivity index (χ0) is 24.6. The van der Waals surface area contributed by atoms with E-state index in [9.17, 15) is 4.79 Å². The van der Waals surface area contributed by atoms with Gasteiger partial charge in [0.2, 0.25) is 0 Å². The van der Waals surface area contributed by atoms with Crippen LogP contribution in [-0.4, -0.2) is 30.4 Å². The maximum absolute atomic E-state index is 12.9. The molecule has 1 heterocycles. The Kier molecular flexibility index (Phi) is 8.91. The fourth-order valence-electron chi connectivity index (χ4n) is 4.13. The first-order valence-corrected chi connectivity index (χ1v) is 13.3. The Bertz CT molecular complexity index is 1180. The van der Waals surface area contributed by atoms with Crippen molar-refractivity contribution >= 4 is 40.7 Å². The van der Waals surface area contributed by atoms with Crippen molar-refractivity contribution in [1.82, 2.24) is 10.2 Å². The number of amides is 1. The number of carbonyl (C=O) groups excluding carboxylic acids is 1. The molecule has 0 aliphatic carbocycles. The lowest BCUT2D eigenvalue weighted by Gasteiger charge is -2.22. The van der Waals surface area contributed by atoms with Gasteiger partial charge < -0.3 is 10.6 Å². The SMILES string of the molecule is C=C1Nc2cc(C(=O)NCCCN(CCCC)Cc3ccccc3)ccc2Sc2ccc(Cl)cc21. The lowest BCUT2D eigenvalue weighted by atomic mass is 10.1. The van der Waals surface area contributed by atoms with Gasteiger partial charge in [-0.05, 0) is 61.3 Å². The van der Waals surface area contributed by atoms with E-state index in [2.05, 4.69) is 59.4 Å². The van der Waals surface area contributed by atoms with Crippen LogP contribution < -0.4 is 10.6 Å². The minimum absolute atomic E-state index is 0.0572. The van der Waals surface area contributed by atoms with Gasteiger partial charge in [0.15, 0.2) is 0 Å². The largest absolute Gasteiger partial charge is 0.355 e. The van der Waals surface area contributed by atoms with Crippen molar-refractivity contribution in [2.24, 2.45) is 0 Å². The van der Waals surface area contributed by atoms with Gasteiger partial charge in [0.1, 0.15) is 0 Å². The number of anilines is 1. The zero-order valence-electron chi connectivity index (χ0n) is 20.1. The Hall–Kier alpha value is -2.73. The summed E-state index contributed by atoms with van der Waals surface area (Å²) < 4.78 is 0. The molecule has 0 aromatic heterocycles. The first-order valence-electron chi connectivity index (χ1n) is 12.2. The summed E-state index contributed by atoms with van der Waals surface area (Å²) in [6.45, 7) is 10.0. The van der Waals surface area contributed by atoms with E-state index in [-0.39, 0.29) is 5.91 Å². The summed E-state index contributed by atoms with van der Waals surface area (Å²) in [6, 6.07) is 22.2. The van der Waals surface area contributed by atoms with Gasteiger partial charge in [-0.2, -0.15) is 0 Å². The second kappa shape index (κ2) is 12.3. The van der Waals surface area contributed by atoms with Gasteiger partial charge in [0, 0.05) is 51.3 Å². The van der Waals surface area contributed by atoms with Crippen LogP contribution in [0, 0.1) is 0 Å². The Balaban J connectivity index is 1.33. The molecule has 35 heavy (non-hydrogen) atoms. The molecule has 1 amide bonds. The van der Waals surface area contributed by atoms with Crippen LogP contribution in [0.15, 0.2) is 83.1 Å². The standard InChI is InChI=1S/C29H32ClN3OS/c1-3-4-16-33(20-22-9-6-5-7-10-22)17-8-15-31-29(34)23-11-13-28-26(18-23)32-21(2)25-19-24(30)12-14-27(25)35-28/h5-7,9-14,18-19,32H,2-4,8,15-17,20H2,1H3,(H,31,34). The van der Waals surface area contributed by atoms with Crippen LogP contribution in [0.3, 0.4) is 0 Å². The van der Waals surface area contributed by atoms with E-state index in [1.807, 2.05) is 36.4 Å². The summed E-state index contributed by atoms with van der Waals surface area (Å²) in [4.78, 5) is 17.5. The van der Waals surface area contributed by atoms with Gasteiger partial charge >= 0.3 is 0 Å². The molecule has 3 aromatic rings. The van der Waals surface area contributed by atoms with Crippen LogP contribution in [-0.2, 0) is 6.54 Å². The molecule has 0 unspecified atom stereocenters. The molecule has 3 aromatic carbocycles. The zero-order valence-corrected chi connectivity index (χ0v) is 21.7. The number of hydrogen-bond donors (Lipinski definition) is 2. The molecule has 182 valence electrons. The molecule has 0 spiro atoms. The quantitative estimate of drug-likeness (QED) is 0.283. The molecule has 2 N–H and O–H groups in total. The van der Waals surface area contributed by atoms with Crippen LogP contribution in [0.5, 0.6) is 0 Å². The molecule has 0 atom stereocenters. The number of carbonyl (C=O) groups is 1. The number of fused-ring (bicyclic) bond motifs is 2. The van der Waals surface area contributed by atoms with Gasteiger partial charge in [-0.1, -0.05) is 73.6 Å². The van der Waals surface area contributed by atoms with Gasteiger partial charge in [-0.25, -0.2) is 0 Å². The van der Waals surface area contributed by atoms with Crippen molar-refractivity contribution in [2.45, 2.75) is 42.5 Å². The highest BCUT2D eigenvalue weighted by atomic mass is 35.5. The third-order valence-electron chi connectivity index (χ3n) is 6.03. The normalized spacial score (nSPS) is 12.5. The van der Waals surface area contributed by atoms with E-state index >= 15 is 0 Å². The summed E-state index contributed by atoms with van der Waals surface area (Å²) in [5.41, 5.74) is 4.60. The van der Waals surface area contributed by atoms with Crippen molar-refractivity contribution in [2.75, 3.05) is 25.0 Å². The lowest BCUT2D eigenvalue weighted by molar-refractivity contribution is 0.0951. The Morgan fingerprint density at radius 2 is 1.80 bits per heavy atom. The number of nitrogens with zero attached hydrogens (tertiary/aromatic N) is 1. The highest BCUT2D eigenvalue weighted by Crippen LogP contribution is 2.42. The van der Waals surface area contributed by atoms with E-state index in [4.69, 9.17) is 11.6 Å². The monoisotopic (exact) mass is 505 g/mol. The predicted octanol–water partition coefficient (Wildman–Crippen LogP) is 7.31. The lowest BCUT2D eigenvalue weighted by Crippen LogP contribution is -2.30. The molecule has 1 aliphatic heterocycles. The minimum atomic E-state index is -0.0572. The third kappa shape index (κ3) is 6.91. The molecule has 0 bridgehead atoms. The maximum Gasteiger partial charge on any atom is 0.251 e. The van der Waals surface area contributed by atoms with Crippen molar-refractivity contribution in [3.05, 3.63) is 95.0 Å². The highest BCUT2D eigenvalue weighted by Gasteiger charge is 2.18. The van der Waals surface area contributed by atoms with Gasteiger partial charge in [0.05, 0.1) is 5.69 Å². The van der Waals surface area contributed by atoms with Gasteiger partial charge in [0.25, 0.3) is 5.91 Å². The number of unbranched alkanes of at least 4 members (excludes halogenated alkanes) is 1. The second-order valence-electron chi connectivity index (χ2n) is 8.78. The van der Waals surface area contributed by atoms with Crippen molar-refractivity contribution in [1.29, 1.82) is 0 Å². The molecular formula is C29H32ClN3OS. The molecule has 6 heteroatoms. The number of nitrogens with one attached hydrogen (secondary N) is 2. The predicted molar refractivity (Wildman–Crippen MR) is 148 cm³/mol. The van der Waals surface area contributed by atoms with Crippen LogP contribution in [0.25, 0.3) is 5.70 Å². The summed E-state index contributed by atoms with van der Waals surface area (Å²) >= 11 is 7.83. The average molecular weight is 506 g/mol. The molecule has 1 aliphatic rings. The first kappa shape index (κ1) is 25.4. The first-order chi connectivity index (χ1) is 17.0. The van der Waals surface area contributed by atoms with Crippen LogP contribution in [0.2, 0.25) is 5.02 Å². The molecule has 0 fully saturated rings. The Labute approximate surface area is 217 Å². The second-order valence-corrected chi connectivity index (χ2v) is 10.3. The summed E-state index contributed by atoms with van der Waals surface area (Å²) in [6.07, 6.45) is 3.27. The van der Waals surface area contributed by atoms with E-state index in [0.29, 0.717) is 17.1 Å². The molecule has 0 saturated heterocycles. The highest BCUT2D eigenvalue weighted by molar-refractivity contribution is 7.99. The number of halogens is 1. The summed E-state index contributed by atoms with van der Waals surface area (Å²) in [7, 11) is 0. The fourth-order valence-corrected chi connectivity index (χ4v) is 5.33. The van der Waals surface area contributed by atoms with E-state index in [0.717, 1.165) is 52.8 Å². The summed E-state index contributed by atoms with van der Waals surface area (Å²) in [5, 5.41) is 7.13. The van der Waals surface area contributed by atoms with Crippen LogP contribution >= 0.6 is 23.4 Å². The van der Waals surface area contributed by atoms with Crippen molar-refractivity contribution < 1.29 is 4.79 Å². The van der Waals surface area contributed by atoms with Crippen molar-refractivity contribution in [3.8, 4) is 0 Å². The molecular weight excluding hydrogens is 474 g/mol. The minimum Gasteiger partial charge on any atom is -0.355 e. The number of rotatable bonds is 10. The topological polar surface area (TPSA) is 44.4 Å². The van der Waals surface area contributed by atoms with Crippen LogP contribution in [0.4, 0.5) is 5.69 Å². The third-order valence-corrected chi connectivity index (χ3v) is 7.41. The molecule has 4 nitrogen and oxygen atoms in total. The number of benzene rings is 3. The molecule has 0 radical (unpaired) electrons. The number of hydrogen-bond acceptors (Lipinski definition) is 4. The van der Waals surface area contributed by atoms with E-state index in [1.165, 1.54) is 18.4 Å². The van der Waals surface area contributed by atoms with Gasteiger partial charge in [-0.3, -0.25) is 9.69 Å². The average Bonchev–Trinajstić information content (AvgIpc) is 3.00. The van der Waals surface area contributed by atoms with Gasteiger partial charge in [-0.15, -0.1) is 0 Å². The molecule has 0 saturated carbocycles. The van der Waals surface area contributed by atoms with E-state index < -0.39 is 0 Å². The Morgan fingerprint density at radius 3 is 2.60 bits per heavy atom. The summed E-state index contributed by atoms with van der Waals surface area (Å²) in [5.74, 6) is -0.0572. The van der Waals surface area contributed by atoms with E-state index in [1.54, 1.807) is 11.8 Å².